The van der Waals surface area contributed by atoms with Crippen LogP contribution >= 0.6 is 0 Å². The highest BCUT2D eigenvalue weighted by atomic mass is 16.8. The summed E-state index contributed by atoms with van der Waals surface area (Å²) >= 11 is 0. The van der Waals surface area contributed by atoms with Gasteiger partial charge in [0.15, 0.2) is 5.82 Å². The van der Waals surface area contributed by atoms with Crippen molar-refractivity contribution in [1.82, 2.24) is 29.8 Å². The van der Waals surface area contributed by atoms with Crippen LogP contribution in [0.15, 0.2) is 158 Å². The van der Waals surface area contributed by atoms with Crippen LogP contribution in [0.2, 0.25) is 0 Å². The van der Waals surface area contributed by atoms with Crippen LogP contribution in [0.3, 0.4) is 0 Å². The Morgan fingerprint density at radius 3 is 1.92 bits per heavy atom. The van der Waals surface area contributed by atoms with Gasteiger partial charge >= 0.3 is 12.1 Å². The van der Waals surface area contributed by atoms with E-state index in [2.05, 4.69) is 78.0 Å². The van der Waals surface area contributed by atoms with E-state index in [1.165, 1.54) is 6.92 Å². The van der Waals surface area contributed by atoms with E-state index < -0.39 is 24.0 Å². The third kappa shape index (κ3) is 7.85. The number of para-hydroxylation sites is 1. The van der Waals surface area contributed by atoms with Crippen LogP contribution in [0.4, 0.5) is 4.79 Å². The quantitative estimate of drug-likeness (QED) is 0.0673. The first-order valence-corrected chi connectivity index (χ1v) is 21.1. The zero-order valence-corrected chi connectivity index (χ0v) is 34.6. The smallest absolute Gasteiger partial charge is 0.431 e. The average Bonchev–Trinajstić information content (AvgIpc) is 3.92. The van der Waals surface area contributed by atoms with E-state index in [1.54, 1.807) is 12.1 Å². The van der Waals surface area contributed by atoms with E-state index in [4.69, 9.17) is 29.5 Å². The molecule has 1 unspecified atom stereocenters. The molecule has 1 aliphatic rings. The molecule has 2 heterocycles. The number of aryl methyl sites for hydroxylation is 1. The molecule has 0 aliphatic heterocycles. The Bertz CT molecular complexity index is 2700. The molecule has 0 bridgehead atoms. The maximum absolute atomic E-state index is 13.6. The van der Waals surface area contributed by atoms with E-state index in [-0.39, 0.29) is 6.10 Å². The predicted molar refractivity (Wildman–Crippen MR) is 236 cm³/mol. The van der Waals surface area contributed by atoms with Gasteiger partial charge in [-0.2, -0.15) is 0 Å². The van der Waals surface area contributed by atoms with E-state index in [0.29, 0.717) is 29.0 Å². The molecule has 310 valence electrons. The summed E-state index contributed by atoms with van der Waals surface area (Å²) in [5.74, 6) is 0.724. The topological polar surface area (TPSA) is 123 Å². The number of tetrazole rings is 1. The lowest BCUT2D eigenvalue weighted by Crippen LogP contribution is -2.39. The molecule has 6 aromatic carbocycles. The summed E-state index contributed by atoms with van der Waals surface area (Å²) < 4.78 is 20.3. The highest BCUT2D eigenvalue weighted by Gasteiger charge is 2.42. The normalized spacial score (nSPS) is 13.7. The van der Waals surface area contributed by atoms with Gasteiger partial charge < -0.3 is 18.8 Å². The minimum atomic E-state index is -1.14. The zero-order valence-electron chi connectivity index (χ0n) is 34.6. The van der Waals surface area contributed by atoms with Gasteiger partial charge in [-0.1, -0.05) is 152 Å². The van der Waals surface area contributed by atoms with Crippen molar-refractivity contribution in [3.63, 3.8) is 0 Å². The van der Waals surface area contributed by atoms with Crippen molar-refractivity contribution in [3.8, 4) is 22.5 Å². The number of rotatable bonds is 12. The van der Waals surface area contributed by atoms with Crippen molar-refractivity contribution >= 4 is 23.2 Å². The average molecular weight is 823 g/mol. The fourth-order valence-electron chi connectivity index (χ4n) is 8.77. The van der Waals surface area contributed by atoms with E-state index >= 15 is 0 Å². The highest BCUT2D eigenvalue weighted by Crippen LogP contribution is 2.43. The Morgan fingerprint density at radius 2 is 1.29 bits per heavy atom. The third-order valence-corrected chi connectivity index (χ3v) is 11.7. The molecular weight excluding hydrogens is 777 g/mol. The molecular formula is C51H46N6O5. The Labute approximate surface area is 359 Å². The first-order valence-electron chi connectivity index (χ1n) is 21.1. The maximum Gasteiger partial charge on any atom is 0.511 e. The van der Waals surface area contributed by atoms with Gasteiger partial charge in [0.25, 0.3) is 0 Å². The fourth-order valence-corrected chi connectivity index (χ4v) is 8.77. The first-order chi connectivity index (χ1) is 30.4. The third-order valence-electron chi connectivity index (χ3n) is 11.7. The number of hydrogen-bond donors (Lipinski definition) is 0. The molecule has 1 fully saturated rings. The summed E-state index contributed by atoms with van der Waals surface area (Å²) in [6, 6.07) is 52.9. The van der Waals surface area contributed by atoms with E-state index in [1.807, 2.05) is 89.0 Å². The SMILES string of the molecule is Cc1nc2cccc(C(=O)OC(C)OC(=O)OC3CCCCC3)c2n1Cc1ccc(-c2ccccc2-c2nnnn2C(c2ccccc2)(c2ccccc2)c2ccccc2)cc1. The molecule has 8 aromatic rings. The number of hydrogen-bond acceptors (Lipinski definition) is 9. The molecule has 0 saturated heterocycles. The molecule has 9 rings (SSSR count). The molecule has 0 N–H and O–H groups in total. The van der Waals surface area contributed by atoms with Crippen molar-refractivity contribution in [2.24, 2.45) is 0 Å². The minimum absolute atomic E-state index is 0.168. The van der Waals surface area contributed by atoms with Crippen molar-refractivity contribution in [2.75, 3.05) is 0 Å². The van der Waals surface area contributed by atoms with E-state index in [0.717, 1.165) is 76.9 Å². The lowest BCUT2D eigenvalue weighted by atomic mass is 9.77. The molecule has 2 aromatic heterocycles. The second kappa shape index (κ2) is 17.7. The number of esters is 1. The number of imidazole rings is 1. The van der Waals surface area contributed by atoms with Gasteiger partial charge in [-0.3, -0.25) is 0 Å². The number of fused-ring (bicyclic) bond motifs is 1. The zero-order chi connectivity index (χ0) is 42.5. The Morgan fingerprint density at radius 1 is 0.694 bits per heavy atom. The summed E-state index contributed by atoms with van der Waals surface area (Å²) in [4.78, 5) is 30.8. The number of benzene rings is 6. The van der Waals surface area contributed by atoms with Crippen LogP contribution in [0.25, 0.3) is 33.5 Å². The lowest BCUT2D eigenvalue weighted by Gasteiger charge is -2.36. The van der Waals surface area contributed by atoms with Gasteiger partial charge in [-0.15, -0.1) is 5.10 Å². The molecule has 1 atom stereocenters. The molecule has 0 spiro atoms. The second-order valence-electron chi connectivity index (χ2n) is 15.6. The van der Waals surface area contributed by atoms with Crippen molar-refractivity contribution in [2.45, 2.75) is 70.4 Å². The Kier molecular flexibility index (Phi) is 11.4. The highest BCUT2D eigenvalue weighted by molar-refractivity contribution is 6.02. The van der Waals surface area contributed by atoms with Gasteiger partial charge in [-0.05, 0) is 88.5 Å². The number of aromatic nitrogens is 6. The van der Waals surface area contributed by atoms with Crippen LogP contribution in [-0.4, -0.2) is 54.3 Å². The summed E-state index contributed by atoms with van der Waals surface area (Å²) in [6.45, 7) is 3.87. The molecule has 62 heavy (non-hydrogen) atoms. The van der Waals surface area contributed by atoms with Crippen LogP contribution in [0.1, 0.15) is 77.5 Å². The molecule has 0 amide bonds. The number of nitrogens with zero attached hydrogens (tertiary/aromatic N) is 6. The van der Waals surface area contributed by atoms with Gasteiger partial charge in [0.1, 0.15) is 17.5 Å². The molecule has 1 aliphatic carbocycles. The van der Waals surface area contributed by atoms with Crippen LogP contribution in [0.5, 0.6) is 0 Å². The molecule has 1 saturated carbocycles. The number of carbonyl (C=O) groups excluding carboxylic acids is 2. The van der Waals surface area contributed by atoms with Gasteiger partial charge in [0.2, 0.25) is 6.29 Å². The fraction of sp³-hybridized carbons (Fsp3) is 0.216. The standard InChI is InChI=1S/C51H46N6O5/c1-35-52-46-29-17-28-45(49(58)60-36(2)61-50(59)62-42-24-13-6-14-25-42)47(46)56(35)34-37-30-32-38(33-31-37)43-26-15-16-27-44(43)48-53-54-55-57(48)51(39-18-7-3-8-19-39,40-20-9-4-10-21-40)41-22-11-5-12-23-41/h3-5,7-12,15-23,26-33,36,42H,6,13-14,24-25,34H2,1-2H3. The van der Waals surface area contributed by atoms with Crippen LogP contribution in [0, 0.1) is 6.92 Å². The molecule has 11 heteroatoms. The molecule has 11 nitrogen and oxygen atoms in total. The maximum atomic E-state index is 13.6. The number of ether oxygens (including phenoxy) is 3. The number of carbonyl (C=O) groups is 2. The minimum Gasteiger partial charge on any atom is -0.431 e. The first kappa shape index (κ1) is 40.0. The summed E-state index contributed by atoms with van der Waals surface area (Å²) in [5.41, 5.74) is 7.58. The van der Waals surface area contributed by atoms with Gasteiger partial charge in [-0.25, -0.2) is 19.3 Å². The van der Waals surface area contributed by atoms with Crippen LogP contribution in [-0.2, 0) is 26.3 Å². The summed E-state index contributed by atoms with van der Waals surface area (Å²) in [7, 11) is 0. The van der Waals surface area contributed by atoms with Crippen molar-refractivity contribution < 1.29 is 23.8 Å². The Balaban J connectivity index is 1.02. The Hall–Kier alpha value is -7.40. The van der Waals surface area contributed by atoms with E-state index in [9.17, 15) is 9.59 Å². The van der Waals surface area contributed by atoms with Crippen molar-refractivity contribution in [1.29, 1.82) is 0 Å². The largest absolute Gasteiger partial charge is 0.511 e. The predicted octanol–water partition coefficient (Wildman–Crippen LogP) is 10.5. The van der Waals surface area contributed by atoms with Gasteiger partial charge in [0, 0.05) is 19.0 Å². The summed E-state index contributed by atoms with van der Waals surface area (Å²) in [6.07, 6.45) is 2.65. The van der Waals surface area contributed by atoms with Gasteiger partial charge in [0.05, 0.1) is 16.6 Å². The summed E-state index contributed by atoms with van der Waals surface area (Å²) in [5, 5.41) is 13.8. The van der Waals surface area contributed by atoms with Crippen molar-refractivity contribution in [3.05, 3.63) is 191 Å². The van der Waals surface area contributed by atoms with Crippen LogP contribution < -0.4 is 0 Å². The monoisotopic (exact) mass is 822 g/mol. The molecule has 0 radical (unpaired) electrons. The lowest BCUT2D eigenvalue weighted by molar-refractivity contribution is -0.0914. The second-order valence-corrected chi connectivity index (χ2v) is 15.6.